The number of amides is 1. The number of nitrogens with zero attached hydrogens (tertiary/aromatic N) is 4. The zero-order chi connectivity index (χ0) is 16.4. The first-order chi connectivity index (χ1) is 11.1. The highest BCUT2D eigenvalue weighted by Gasteiger charge is 2.28. The highest BCUT2D eigenvalue weighted by Crippen LogP contribution is 2.28. The van der Waals surface area contributed by atoms with Crippen molar-refractivity contribution in [1.29, 1.82) is 0 Å². The first-order valence-electron chi connectivity index (χ1n) is 7.72. The van der Waals surface area contributed by atoms with Gasteiger partial charge in [-0.3, -0.25) is 9.36 Å². The summed E-state index contributed by atoms with van der Waals surface area (Å²) >= 11 is 0. The average Bonchev–Trinajstić information content (AvgIpc) is 3.16. The van der Waals surface area contributed by atoms with Crippen LogP contribution in [-0.4, -0.2) is 26.3 Å². The van der Waals surface area contributed by atoms with Gasteiger partial charge < -0.3 is 4.90 Å². The second kappa shape index (κ2) is 6.36. The summed E-state index contributed by atoms with van der Waals surface area (Å²) in [6.45, 7) is -0.118. The summed E-state index contributed by atoms with van der Waals surface area (Å²) in [6, 6.07) is 5.99. The predicted molar refractivity (Wildman–Crippen MR) is 83.6 cm³/mol. The Labute approximate surface area is 133 Å². The molecule has 7 heteroatoms. The van der Waals surface area contributed by atoms with Crippen LogP contribution in [0.25, 0.3) is 0 Å². The number of aromatic nitrogens is 3. The van der Waals surface area contributed by atoms with Crippen molar-refractivity contribution in [2.75, 3.05) is 4.90 Å². The molecule has 0 atom stereocenters. The van der Waals surface area contributed by atoms with Gasteiger partial charge >= 0.3 is 5.69 Å². The molecule has 1 saturated carbocycles. The molecule has 1 fully saturated rings. The van der Waals surface area contributed by atoms with Crippen LogP contribution in [0.15, 0.2) is 35.4 Å². The van der Waals surface area contributed by atoms with Crippen LogP contribution in [0.3, 0.4) is 0 Å². The van der Waals surface area contributed by atoms with Crippen molar-refractivity contribution in [2.24, 2.45) is 7.05 Å². The third-order valence-electron chi connectivity index (χ3n) is 4.24. The minimum absolute atomic E-state index is 0.0902. The highest BCUT2D eigenvalue weighted by molar-refractivity contribution is 5.93. The molecule has 0 saturated heterocycles. The first kappa shape index (κ1) is 15.5. The highest BCUT2D eigenvalue weighted by atomic mass is 19.1. The van der Waals surface area contributed by atoms with Crippen molar-refractivity contribution in [1.82, 2.24) is 14.3 Å². The third-order valence-corrected chi connectivity index (χ3v) is 4.24. The van der Waals surface area contributed by atoms with Crippen molar-refractivity contribution in [3.8, 4) is 0 Å². The maximum Gasteiger partial charge on any atom is 0.345 e. The molecule has 6 nitrogen and oxygen atoms in total. The number of benzene rings is 1. The van der Waals surface area contributed by atoms with Gasteiger partial charge in [0.05, 0.1) is 0 Å². The molecule has 0 radical (unpaired) electrons. The minimum atomic E-state index is -0.339. The van der Waals surface area contributed by atoms with Crippen molar-refractivity contribution in [2.45, 2.75) is 38.3 Å². The molecule has 0 spiro atoms. The van der Waals surface area contributed by atoms with Crippen molar-refractivity contribution in [3.05, 3.63) is 46.9 Å². The molecule has 3 rings (SSSR count). The first-order valence-corrected chi connectivity index (χ1v) is 7.72. The normalized spacial score (nSPS) is 15.0. The summed E-state index contributed by atoms with van der Waals surface area (Å²) in [7, 11) is 1.59. The summed E-state index contributed by atoms with van der Waals surface area (Å²) in [4.78, 5) is 26.3. The standard InChI is InChI=1S/C16H19FN4O2/c1-19-11-18-20(16(19)23)10-15(22)21(13-4-2-3-5-13)14-8-6-12(17)7-9-14/h6-9,11,13H,2-5,10H2,1H3. The van der Waals surface area contributed by atoms with Gasteiger partial charge in [-0.05, 0) is 37.1 Å². The molecule has 1 aliphatic rings. The minimum Gasteiger partial charge on any atom is -0.308 e. The lowest BCUT2D eigenvalue weighted by Crippen LogP contribution is -2.42. The smallest absolute Gasteiger partial charge is 0.308 e. The van der Waals surface area contributed by atoms with Crippen molar-refractivity contribution >= 4 is 11.6 Å². The molecular formula is C16H19FN4O2. The summed E-state index contributed by atoms with van der Waals surface area (Å²) in [6.07, 6.45) is 5.35. The number of hydrogen-bond donors (Lipinski definition) is 0. The second-order valence-electron chi connectivity index (χ2n) is 5.86. The van der Waals surface area contributed by atoms with E-state index in [4.69, 9.17) is 0 Å². The lowest BCUT2D eigenvalue weighted by atomic mass is 10.1. The van der Waals surface area contributed by atoms with E-state index in [0.717, 1.165) is 30.4 Å². The summed E-state index contributed by atoms with van der Waals surface area (Å²) in [5.74, 6) is -0.544. The maximum atomic E-state index is 13.2. The van der Waals surface area contributed by atoms with Crippen LogP contribution in [-0.2, 0) is 18.4 Å². The topological polar surface area (TPSA) is 60.1 Å². The van der Waals surface area contributed by atoms with Crippen LogP contribution < -0.4 is 10.6 Å². The number of carbonyl (C=O) groups excluding carboxylic acids is 1. The summed E-state index contributed by atoms with van der Waals surface area (Å²) in [5.41, 5.74) is 0.330. The monoisotopic (exact) mass is 318 g/mol. The van der Waals surface area contributed by atoms with E-state index in [-0.39, 0.29) is 30.0 Å². The Morgan fingerprint density at radius 1 is 1.30 bits per heavy atom. The number of rotatable bonds is 4. The quantitative estimate of drug-likeness (QED) is 0.862. The van der Waals surface area contributed by atoms with Crippen molar-refractivity contribution < 1.29 is 9.18 Å². The number of anilines is 1. The van der Waals surface area contributed by atoms with Gasteiger partial charge in [0.1, 0.15) is 18.7 Å². The van der Waals surface area contributed by atoms with Gasteiger partial charge in [-0.2, -0.15) is 5.10 Å². The Morgan fingerprint density at radius 3 is 2.52 bits per heavy atom. The van der Waals surface area contributed by atoms with Crippen LogP contribution in [0, 0.1) is 5.82 Å². The van der Waals surface area contributed by atoms with E-state index in [0.29, 0.717) is 5.69 Å². The van der Waals surface area contributed by atoms with E-state index in [2.05, 4.69) is 5.10 Å². The van der Waals surface area contributed by atoms with Crippen LogP contribution in [0.2, 0.25) is 0 Å². The molecular weight excluding hydrogens is 299 g/mol. The molecule has 0 aliphatic heterocycles. The van der Waals surface area contributed by atoms with Gasteiger partial charge in [0.2, 0.25) is 5.91 Å². The summed E-state index contributed by atoms with van der Waals surface area (Å²) < 4.78 is 15.6. The zero-order valence-electron chi connectivity index (χ0n) is 13.0. The van der Waals surface area contributed by atoms with Crippen LogP contribution >= 0.6 is 0 Å². The van der Waals surface area contributed by atoms with E-state index in [1.165, 1.54) is 23.0 Å². The van der Waals surface area contributed by atoms with E-state index < -0.39 is 0 Å². The SMILES string of the molecule is Cn1cnn(CC(=O)N(c2ccc(F)cc2)C2CCCC2)c1=O. The lowest BCUT2D eigenvalue weighted by Gasteiger charge is -2.29. The molecule has 0 N–H and O–H groups in total. The van der Waals surface area contributed by atoms with Gasteiger partial charge in [0.15, 0.2) is 0 Å². The molecule has 2 aromatic rings. The fourth-order valence-corrected chi connectivity index (χ4v) is 3.06. The Hall–Kier alpha value is -2.44. The van der Waals surface area contributed by atoms with Gasteiger partial charge in [0, 0.05) is 18.8 Å². The molecule has 1 aromatic heterocycles. The number of carbonyl (C=O) groups is 1. The Bertz CT molecular complexity index is 744. The summed E-state index contributed by atoms with van der Waals surface area (Å²) in [5, 5.41) is 3.93. The van der Waals surface area contributed by atoms with Gasteiger partial charge in [-0.1, -0.05) is 12.8 Å². The fourth-order valence-electron chi connectivity index (χ4n) is 3.06. The van der Waals surface area contributed by atoms with E-state index in [9.17, 15) is 14.0 Å². The van der Waals surface area contributed by atoms with Gasteiger partial charge in [-0.25, -0.2) is 13.9 Å². The molecule has 1 heterocycles. The Kier molecular flexibility index (Phi) is 4.27. The lowest BCUT2D eigenvalue weighted by molar-refractivity contribution is -0.119. The van der Waals surface area contributed by atoms with Crippen LogP contribution in [0.4, 0.5) is 10.1 Å². The number of hydrogen-bond acceptors (Lipinski definition) is 3. The maximum absolute atomic E-state index is 13.2. The molecule has 1 aliphatic carbocycles. The van der Waals surface area contributed by atoms with Crippen LogP contribution in [0.1, 0.15) is 25.7 Å². The molecule has 122 valence electrons. The zero-order valence-corrected chi connectivity index (χ0v) is 13.0. The largest absolute Gasteiger partial charge is 0.345 e. The number of halogens is 1. The van der Waals surface area contributed by atoms with E-state index >= 15 is 0 Å². The second-order valence-corrected chi connectivity index (χ2v) is 5.86. The molecule has 23 heavy (non-hydrogen) atoms. The molecule has 0 unspecified atom stereocenters. The van der Waals surface area contributed by atoms with E-state index in [1.807, 2.05) is 0 Å². The van der Waals surface area contributed by atoms with Gasteiger partial charge in [0.25, 0.3) is 0 Å². The van der Waals surface area contributed by atoms with E-state index in [1.54, 1.807) is 24.1 Å². The molecule has 1 amide bonds. The van der Waals surface area contributed by atoms with Crippen LogP contribution in [0.5, 0.6) is 0 Å². The Morgan fingerprint density at radius 2 is 1.96 bits per heavy atom. The average molecular weight is 318 g/mol. The van der Waals surface area contributed by atoms with Gasteiger partial charge in [-0.15, -0.1) is 0 Å². The van der Waals surface area contributed by atoms with Crippen molar-refractivity contribution in [3.63, 3.8) is 0 Å². The fraction of sp³-hybridized carbons (Fsp3) is 0.438. The molecule has 1 aromatic carbocycles. The molecule has 0 bridgehead atoms. The Balaban J connectivity index is 1.88. The third kappa shape index (κ3) is 3.18. The number of aryl methyl sites for hydroxylation is 1. The predicted octanol–water partition coefficient (Wildman–Crippen LogP) is 1.70.